The lowest BCUT2D eigenvalue weighted by molar-refractivity contribution is 0.221. The number of ether oxygens (including phenoxy) is 1. The van der Waals surface area contributed by atoms with Crippen molar-refractivity contribution >= 4 is 12.1 Å². The van der Waals surface area contributed by atoms with Gasteiger partial charge in [0.15, 0.2) is 0 Å². The lowest BCUT2D eigenvalue weighted by Crippen LogP contribution is -2.52. The first-order valence-electron chi connectivity index (χ1n) is 17.9. The molecule has 52 heavy (non-hydrogen) atoms. The number of amides is 4. The molecule has 1 unspecified atom stereocenters. The molecule has 0 saturated heterocycles. The second-order valence-electron chi connectivity index (χ2n) is 14.6. The molecule has 10 nitrogen and oxygen atoms in total. The monoisotopic (exact) mass is 708 g/mol. The molecular weight excluding hydrogens is 652 g/mol. The lowest BCUT2D eigenvalue weighted by atomic mass is 9.95. The Morgan fingerprint density at radius 3 is 1.67 bits per heavy atom. The van der Waals surface area contributed by atoms with Gasteiger partial charge in [0.2, 0.25) is 0 Å². The summed E-state index contributed by atoms with van der Waals surface area (Å²) < 4.78 is 6.12. The Morgan fingerprint density at radius 2 is 1.15 bits per heavy atom. The van der Waals surface area contributed by atoms with E-state index in [0.717, 1.165) is 41.7 Å². The summed E-state index contributed by atoms with van der Waals surface area (Å²) in [6, 6.07) is 32.7. The van der Waals surface area contributed by atoms with Gasteiger partial charge in [-0.25, -0.2) is 9.59 Å². The van der Waals surface area contributed by atoms with E-state index in [1.54, 1.807) is 12.1 Å². The summed E-state index contributed by atoms with van der Waals surface area (Å²) in [5, 5.41) is 21.8. The number of urea groups is 2. The minimum Gasteiger partial charge on any atom is -0.508 e. The van der Waals surface area contributed by atoms with Gasteiger partial charge >= 0.3 is 12.1 Å². The molecule has 278 valence electrons. The summed E-state index contributed by atoms with van der Waals surface area (Å²) in [6.07, 6.45) is 2.26. The Kier molecular flexibility index (Phi) is 14.5. The van der Waals surface area contributed by atoms with Gasteiger partial charge in [0, 0.05) is 30.7 Å². The van der Waals surface area contributed by atoms with E-state index in [4.69, 9.17) is 4.74 Å². The predicted octanol–water partition coefficient (Wildman–Crippen LogP) is 6.51. The fraction of sp³-hybridized carbons (Fsp3) is 0.381. The molecule has 0 aromatic heterocycles. The SMILES string of the molecule is C[C@H](NC(=O)NC[C@H](Cc1ccc(O)cc1)N(C)C)c1ccc(Oc2ccc(CC(CNC(=O)NC(C)(C)Cc3ccccc3)N(C)C)cc2)cc1. The first kappa shape index (κ1) is 39.7. The van der Waals surface area contributed by atoms with E-state index >= 15 is 0 Å². The van der Waals surface area contributed by atoms with Gasteiger partial charge < -0.3 is 40.9 Å². The highest BCUT2D eigenvalue weighted by atomic mass is 16.5. The number of carbonyl (C=O) groups is 2. The van der Waals surface area contributed by atoms with Crippen molar-refractivity contribution in [2.75, 3.05) is 41.3 Å². The van der Waals surface area contributed by atoms with Crippen molar-refractivity contribution in [3.63, 3.8) is 0 Å². The molecule has 3 atom stereocenters. The van der Waals surface area contributed by atoms with Gasteiger partial charge in [0.05, 0.1) is 6.04 Å². The molecule has 0 aliphatic rings. The Bertz CT molecular complexity index is 1680. The quantitative estimate of drug-likeness (QED) is 0.0854. The van der Waals surface area contributed by atoms with Gasteiger partial charge in [-0.2, -0.15) is 0 Å². The third-order valence-corrected chi connectivity index (χ3v) is 9.16. The smallest absolute Gasteiger partial charge is 0.315 e. The fourth-order valence-corrected chi connectivity index (χ4v) is 5.96. The normalized spacial score (nSPS) is 13.2. The summed E-state index contributed by atoms with van der Waals surface area (Å²) in [4.78, 5) is 29.7. The number of phenols is 1. The topological polar surface area (TPSA) is 118 Å². The summed E-state index contributed by atoms with van der Waals surface area (Å²) in [5.74, 6) is 1.67. The number of benzene rings is 4. The molecule has 0 aliphatic heterocycles. The minimum atomic E-state index is -0.381. The molecule has 10 heteroatoms. The molecular formula is C42H56N6O4. The molecule has 4 amide bonds. The van der Waals surface area contributed by atoms with Crippen LogP contribution in [0.4, 0.5) is 9.59 Å². The van der Waals surface area contributed by atoms with Gasteiger partial charge in [-0.05, 0) is 127 Å². The fourth-order valence-electron chi connectivity index (χ4n) is 5.96. The Hall–Kier alpha value is -5.06. The molecule has 0 bridgehead atoms. The molecule has 5 N–H and O–H groups in total. The van der Waals surface area contributed by atoms with Gasteiger partial charge in [-0.3, -0.25) is 0 Å². The summed E-state index contributed by atoms with van der Waals surface area (Å²) in [7, 11) is 8.03. The molecule has 4 aromatic rings. The van der Waals surface area contributed by atoms with Crippen LogP contribution in [0.25, 0.3) is 0 Å². The number of carbonyl (C=O) groups excluding carboxylic acids is 2. The van der Waals surface area contributed by atoms with E-state index in [1.165, 1.54) is 5.56 Å². The van der Waals surface area contributed by atoms with Gasteiger partial charge in [-0.15, -0.1) is 0 Å². The van der Waals surface area contributed by atoms with Crippen molar-refractivity contribution in [3.8, 4) is 17.2 Å². The zero-order valence-corrected chi connectivity index (χ0v) is 31.6. The second-order valence-corrected chi connectivity index (χ2v) is 14.6. The second kappa shape index (κ2) is 19.0. The van der Waals surface area contributed by atoms with Crippen LogP contribution in [0, 0.1) is 0 Å². The van der Waals surface area contributed by atoms with E-state index in [1.807, 2.05) is 116 Å². The predicted molar refractivity (Wildman–Crippen MR) is 209 cm³/mol. The van der Waals surface area contributed by atoms with Gasteiger partial charge in [-0.1, -0.05) is 66.7 Å². The highest BCUT2D eigenvalue weighted by Crippen LogP contribution is 2.24. The summed E-state index contributed by atoms with van der Waals surface area (Å²) in [6.45, 7) is 7.01. The average molecular weight is 709 g/mol. The number of rotatable bonds is 17. The molecule has 0 aliphatic carbocycles. The number of aromatic hydroxyl groups is 1. The van der Waals surface area contributed by atoms with Crippen LogP contribution in [0.5, 0.6) is 17.2 Å². The summed E-state index contributed by atoms with van der Waals surface area (Å²) >= 11 is 0. The van der Waals surface area contributed by atoms with Crippen molar-refractivity contribution in [1.29, 1.82) is 0 Å². The number of hydrogen-bond acceptors (Lipinski definition) is 6. The van der Waals surface area contributed by atoms with Crippen LogP contribution >= 0.6 is 0 Å². The van der Waals surface area contributed by atoms with Gasteiger partial charge in [0.25, 0.3) is 0 Å². The van der Waals surface area contributed by atoms with Crippen LogP contribution < -0.4 is 26.0 Å². The molecule has 4 rings (SSSR count). The van der Waals surface area contributed by atoms with Crippen molar-refractivity contribution in [2.24, 2.45) is 0 Å². The highest BCUT2D eigenvalue weighted by molar-refractivity contribution is 5.75. The van der Waals surface area contributed by atoms with E-state index in [9.17, 15) is 14.7 Å². The number of phenolic OH excluding ortho intramolecular Hbond substituents is 1. The van der Waals surface area contributed by atoms with Crippen LogP contribution in [0.3, 0.4) is 0 Å². The maximum Gasteiger partial charge on any atom is 0.315 e. The number of hydrogen-bond donors (Lipinski definition) is 5. The Morgan fingerprint density at radius 1 is 0.673 bits per heavy atom. The largest absolute Gasteiger partial charge is 0.508 e. The van der Waals surface area contributed by atoms with Crippen molar-refractivity contribution < 1.29 is 19.4 Å². The van der Waals surface area contributed by atoms with Crippen LogP contribution in [0.15, 0.2) is 103 Å². The maximum absolute atomic E-state index is 12.8. The van der Waals surface area contributed by atoms with Crippen molar-refractivity contribution in [3.05, 3.63) is 125 Å². The van der Waals surface area contributed by atoms with E-state index in [0.29, 0.717) is 18.8 Å². The first-order chi connectivity index (χ1) is 24.8. The van der Waals surface area contributed by atoms with Crippen molar-refractivity contribution in [2.45, 2.75) is 63.7 Å². The van der Waals surface area contributed by atoms with Gasteiger partial charge in [0.1, 0.15) is 17.2 Å². The van der Waals surface area contributed by atoms with Crippen molar-refractivity contribution in [1.82, 2.24) is 31.1 Å². The zero-order chi connectivity index (χ0) is 37.7. The molecule has 0 fully saturated rings. The highest BCUT2D eigenvalue weighted by Gasteiger charge is 2.22. The zero-order valence-electron chi connectivity index (χ0n) is 31.6. The third-order valence-electron chi connectivity index (χ3n) is 9.16. The van der Waals surface area contributed by atoms with Crippen LogP contribution in [0.2, 0.25) is 0 Å². The Labute approximate surface area is 309 Å². The lowest BCUT2D eigenvalue weighted by Gasteiger charge is -2.29. The van der Waals surface area contributed by atoms with Crippen LogP contribution in [-0.2, 0) is 19.3 Å². The first-order valence-corrected chi connectivity index (χ1v) is 17.9. The molecule has 4 aromatic carbocycles. The molecule has 0 saturated carbocycles. The Balaban J connectivity index is 1.21. The number of nitrogens with zero attached hydrogens (tertiary/aromatic N) is 2. The molecule has 0 spiro atoms. The van der Waals surface area contributed by atoms with E-state index in [-0.39, 0.29) is 41.5 Å². The van der Waals surface area contributed by atoms with Crippen LogP contribution in [0.1, 0.15) is 49.1 Å². The van der Waals surface area contributed by atoms with Crippen LogP contribution in [-0.4, -0.2) is 85.9 Å². The molecule has 0 radical (unpaired) electrons. The van der Waals surface area contributed by atoms with E-state index < -0.39 is 0 Å². The number of nitrogens with one attached hydrogen (secondary N) is 4. The standard InChI is InChI=1S/C42H56N6O4/c1-30(45-40(50)43-28-35(47(4)5)25-31-13-19-37(49)20-14-31)34-17-23-39(24-18-34)52-38-21-15-32(16-22-38)26-36(48(6)7)29-44-41(51)46-42(2,3)27-33-11-9-8-10-12-33/h8-24,30,35-36,49H,25-29H2,1-7H3,(H2,43,45,50)(H2,44,46,51)/t30-,35-,36?/m0/s1. The third kappa shape index (κ3) is 13.2. The molecule has 0 heterocycles. The summed E-state index contributed by atoms with van der Waals surface area (Å²) in [5.41, 5.74) is 4.00. The minimum absolute atomic E-state index is 0.101. The number of likely N-dealkylation sites (N-methyl/N-ethyl adjacent to an activating group) is 2. The maximum atomic E-state index is 12.8. The van der Waals surface area contributed by atoms with E-state index in [2.05, 4.69) is 55.3 Å². The average Bonchev–Trinajstić information content (AvgIpc) is 3.10.